The van der Waals surface area contributed by atoms with Gasteiger partial charge in [-0.05, 0) is 30.7 Å². The average Bonchev–Trinajstić information content (AvgIpc) is 2.30. The molecule has 0 aliphatic heterocycles. The first-order chi connectivity index (χ1) is 8.04. The van der Waals surface area contributed by atoms with Gasteiger partial charge in [0.05, 0.1) is 7.11 Å². The summed E-state index contributed by atoms with van der Waals surface area (Å²) >= 11 is 0. The molecule has 0 radical (unpaired) electrons. The summed E-state index contributed by atoms with van der Waals surface area (Å²) in [7, 11) is 1.19. The minimum atomic E-state index is -0.749. The van der Waals surface area contributed by atoms with E-state index in [2.05, 4.69) is 4.74 Å². The van der Waals surface area contributed by atoms with Crippen molar-refractivity contribution in [1.82, 2.24) is 0 Å². The number of phenolic OH excluding ortho intramolecular Hbond substituents is 1. The third kappa shape index (κ3) is 1.75. The highest BCUT2D eigenvalue weighted by molar-refractivity contribution is 5.96. The quantitative estimate of drug-likeness (QED) is 0.599. The van der Waals surface area contributed by atoms with Gasteiger partial charge < -0.3 is 14.3 Å². The molecule has 1 aromatic heterocycles. The fraction of sp³-hybridized carbons (Fsp3) is 0.167. The molecule has 0 saturated heterocycles. The van der Waals surface area contributed by atoms with Crippen LogP contribution in [0.2, 0.25) is 0 Å². The molecule has 1 N–H and O–H groups in total. The van der Waals surface area contributed by atoms with Crippen molar-refractivity contribution in [1.29, 1.82) is 0 Å². The number of rotatable bonds is 1. The van der Waals surface area contributed by atoms with Crippen molar-refractivity contribution in [2.45, 2.75) is 6.92 Å². The van der Waals surface area contributed by atoms with Gasteiger partial charge in [-0.2, -0.15) is 0 Å². The van der Waals surface area contributed by atoms with Crippen LogP contribution in [0.4, 0.5) is 0 Å². The normalized spacial score (nSPS) is 10.5. The van der Waals surface area contributed by atoms with E-state index in [0.29, 0.717) is 16.5 Å². The van der Waals surface area contributed by atoms with Crippen LogP contribution < -0.4 is 5.63 Å². The van der Waals surface area contributed by atoms with Crippen LogP contribution in [-0.4, -0.2) is 18.2 Å². The van der Waals surface area contributed by atoms with Crippen LogP contribution in [0.25, 0.3) is 11.0 Å². The highest BCUT2D eigenvalue weighted by Gasteiger charge is 2.18. The molecule has 2 rings (SSSR count). The fourth-order valence-corrected chi connectivity index (χ4v) is 1.68. The van der Waals surface area contributed by atoms with Gasteiger partial charge in [-0.25, -0.2) is 9.59 Å². The van der Waals surface area contributed by atoms with E-state index in [1.165, 1.54) is 25.3 Å². The minimum absolute atomic E-state index is 0.0327. The number of benzene rings is 1. The van der Waals surface area contributed by atoms with Gasteiger partial charge in [0, 0.05) is 5.39 Å². The number of aromatic hydroxyl groups is 1. The Morgan fingerprint density at radius 2 is 2.12 bits per heavy atom. The number of phenols is 1. The van der Waals surface area contributed by atoms with Crippen molar-refractivity contribution in [3.63, 3.8) is 0 Å². The molecule has 88 valence electrons. The van der Waals surface area contributed by atoms with Gasteiger partial charge in [0.1, 0.15) is 16.9 Å². The van der Waals surface area contributed by atoms with Crippen molar-refractivity contribution in [3.8, 4) is 5.75 Å². The second kappa shape index (κ2) is 3.93. The molecule has 0 amide bonds. The van der Waals surface area contributed by atoms with Crippen molar-refractivity contribution in [2.24, 2.45) is 0 Å². The molecule has 0 spiro atoms. The van der Waals surface area contributed by atoms with Gasteiger partial charge in [0.25, 0.3) is 0 Å². The van der Waals surface area contributed by atoms with Crippen LogP contribution in [0.15, 0.2) is 27.4 Å². The zero-order valence-electron chi connectivity index (χ0n) is 9.31. The second-order valence-corrected chi connectivity index (χ2v) is 3.56. The molecule has 0 atom stereocenters. The van der Waals surface area contributed by atoms with Gasteiger partial charge in [-0.1, -0.05) is 0 Å². The van der Waals surface area contributed by atoms with Gasteiger partial charge in [-0.3, -0.25) is 0 Å². The molecule has 2 aromatic rings. The summed E-state index contributed by atoms with van der Waals surface area (Å²) in [6.45, 7) is 1.60. The molecular formula is C12H10O5. The number of ether oxygens (including phenoxy) is 1. The van der Waals surface area contributed by atoms with E-state index < -0.39 is 11.6 Å². The summed E-state index contributed by atoms with van der Waals surface area (Å²) in [6, 6.07) is 4.31. The molecule has 0 aliphatic rings. The lowest BCUT2D eigenvalue weighted by atomic mass is 10.1. The molecule has 0 fully saturated rings. The number of hydrogen-bond donors (Lipinski definition) is 1. The van der Waals surface area contributed by atoms with Crippen LogP contribution in [0, 0.1) is 6.92 Å². The summed E-state index contributed by atoms with van der Waals surface area (Å²) in [5.74, 6) is -0.716. The number of carbonyl (C=O) groups is 1. The number of hydrogen-bond acceptors (Lipinski definition) is 5. The van der Waals surface area contributed by atoms with Crippen LogP contribution in [0.3, 0.4) is 0 Å². The highest BCUT2D eigenvalue weighted by Crippen LogP contribution is 2.23. The monoisotopic (exact) mass is 234 g/mol. The first-order valence-corrected chi connectivity index (χ1v) is 4.89. The molecule has 17 heavy (non-hydrogen) atoms. The standard InChI is InChI=1S/C12H10O5/c1-6-8-5-7(13)3-4-9(8)17-12(15)10(6)11(14)16-2/h3-5,13H,1-2H3. The molecule has 1 aromatic carbocycles. The van der Waals surface area contributed by atoms with Crippen LogP contribution in [0.5, 0.6) is 5.75 Å². The maximum Gasteiger partial charge on any atom is 0.351 e. The molecule has 0 saturated carbocycles. The van der Waals surface area contributed by atoms with E-state index in [9.17, 15) is 14.7 Å². The van der Waals surface area contributed by atoms with E-state index in [1.807, 2.05) is 0 Å². The Kier molecular flexibility index (Phi) is 2.59. The number of esters is 1. The Morgan fingerprint density at radius 3 is 2.76 bits per heavy atom. The Morgan fingerprint density at radius 1 is 1.41 bits per heavy atom. The first-order valence-electron chi connectivity index (χ1n) is 4.89. The Labute approximate surface area is 96.2 Å². The topological polar surface area (TPSA) is 76.7 Å². The first kappa shape index (κ1) is 11.2. The van der Waals surface area contributed by atoms with Gasteiger partial charge in [0.2, 0.25) is 0 Å². The summed E-state index contributed by atoms with van der Waals surface area (Å²) < 4.78 is 9.50. The van der Waals surface area contributed by atoms with Crippen molar-refractivity contribution < 1.29 is 19.1 Å². The Hall–Kier alpha value is -2.30. The highest BCUT2D eigenvalue weighted by atomic mass is 16.5. The fourth-order valence-electron chi connectivity index (χ4n) is 1.68. The summed E-state index contributed by atoms with van der Waals surface area (Å²) in [5, 5.41) is 9.88. The predicted octanol–water partition coefficient (Wildman–Crippen LogP) is 1.59. The van der Waals surface area contributed by atoms with E-state index in [1.54, 1.807) is 6.92 Å². The average molecular weight is 234 g/mol. The SMILES string of the molecule is COC(=O)c1c(C)c2cc(O)ccc2oc1=O. The predicted molar refractivity (Wildman–Crippen MR) is 60.2 cm³/mol. The third-order valence-electron chi connectivity index (χ3n) is 2.54. The number of aryl methyl sites for hydroxylation is 1. The van der Waals surface area contributed by atoms with E-state index >= 15 is 0 Å². The second-order valence-electron chi connectivity index (χ2n) is 3.56. The van der Waals surface area contributed by atoms with Crippen LogP contribution in [0.1, 0.15) is 15.9 Å². The Balaban J connectivity index is 2.87. The maximum atomic E-state index is 11.6. The lowest BCUT2D eigenvalue weighted by Gasteiger charge is -2.05. The minimum Gasteiger partial charge on any atom is -0.508 e. The van der Waals surface area contributed by atoms with Gasteiger partial charge in [-0.15, -0.1) is 0 Å². The summed E-state index contributed by atoms with van der Waals surface area (Å²) in [5.41, 5.74) is -0.143. The van der Waals surface area contributed by atoms with E-state index in [0.717, 1.165) is 0 Å². The molecule has 5 nitrogen and oxygen atoms in total. The van der Waals surface area contributed by atoms with Gasteiger partial charge in [0.15, 0.2) is 0 Å². The number of carbonyl (C=O) groups excluding carboxylic acids is 1. The molecule has 0 aliphatic carbocycles. The lowest BCUT2D eigenvalue weighted by Crippen LogP contribution is -2.17. The largest absolute Gasteiger partial charge is 0.508 e. The van der Waals surface area contributed by atoms with Crippen molar-refractivity contribution >= 4 is 16.9 Å². The molecule has 1 heterocycles. The van der Waals surface area contributed by atoms with Crippen LogP contribution in [-0.2, 0) is 4.74 Å². The Bertz CT molecular complexity index is 654. The number of fused-ring (bicyclic) bond motifs is 1. The molecule has 5 heteroatoms. The molecule has 0 bridgehead atoms. The molecular weight excluding hydrogens is 224 g/mol. The van der Waals surface area contributed by atoms with Gasteiger partial charge >= 0.3 is 11.6 Å². The third-order valence-corrected chi connectivity index (χ3v) is 2.54. The van der Waals surface area contributed by atoms with E-state index in [-0.39, 0.29) is 11.3 Å². The number of methoxy groups -OCH3 is 1. The summed E-state index contributed by atoms with van der Waals surface area (Å²) in [6.07, 6.45) is 0. The molecule has 0 unspecified atom stereocenters. The van der Waals surface area contributed by atoms with Crippen molar-refractivity contribution in [2.75, 3.05) is 7.11 Å². The zero-order valence-corrected chi connectivity index (χ0v) is 9.31. The lowest BCUT2D eigenvalue weighted by molar-refractivity contribution is 0.0595. The smallest absolute Gasteiger partial charge is 0.351 e. The van der Waals surface area contributed by atoms with E-state index in [4.69, 9.17) is 4.42 Å². The summed E-state index contributed by atoms with van der Waals surface area (Å²) in [4.78, 5) is 23.0. The maximum absolute atomic E-state index is 11.6. The van der Waals surface area contributed by atoms with Crippen molar-refractivity contribution in [3.05, 3.63) is 39.7 Å². The van der Waals surface area contributed by atoms with Crippen LogP contribution >= 0.6 is 0 Å². The zero-order chi connectivity index (χ0) is 12.6.